The van der Waals surface area contributed by atoms with Crippen molar-refractivity contribution in [1.29, 1.82) is 0 Å². The molecule has 3 nitrogen and oxygen atoms in total. The van der Waals surface area contributed by atoms with Crippen LogP contribution in [-0.4, -0.2) is 49.3 Å². The molecule has 2 aliphatic carbocycles. The Balaban J connectivity index is 1.61. The average molecular weight is 280 g/mol. The topological polar surface area (TPSA) is 24.5 Å². The smallest absolute Gasteiger partial charge is 0.0826 e. The van der Waals surface area contributed by atoms with Crippen molar-refractivity contribution >= 4 is 0 Å². The quantitative estimate of drug-likeness (QED) is 0.857. The van der Waals surface area contributed by atoms with Crippen LogP contribution in [0.2, 0.25) is 0 Å². The summed E-state index contributed by atoms with van der Waals surface area (Å²) in [7, 11) is 0. The molecule has 2 saturated carbocycles. The molecule has 3 heteroatoms. The molecule has 3 fully saturated rings. The van der Waals surface area contributed by atoms with Gasteiger partial charge in [-0.2, -0.15) is 0 Å². The molecule has 1 unspecified atom stereocenters. The largest absolute Gasteiger partial charge is 0.374 e. The van der Waals surface area contributed by atoms with E-state index in [2.05, 4.69) is 10.2 Å². The molecule has 116 valence electrons. The van der Waals surface area contributed by atoms with E-state index in [1.54, 1.807) is 0 Å². The first-order valence-corrected chi connectivity index (χ1v) is 9.01. The van der Waals surface area contributed by atoms with E-state index >= 15 is 0 Å². The Morgan fingerprint density at radius 3 is 1.95 bits per heavy atom. The molecule has 20 heavy (non-hydrogen) atoms. The lowest BCUT2D eigenvalue weighted by atomic mass is 9.88. The zero-order valence-electron chi connectivity index (χ0n) is 13.0. The second-order valence-electron chi connectivity index (χ2n) is 6.98. The Hall–Kier alpha value is -0.120. The van der Waals surface area contributed by atoms with Gasteiger partial charge < -0.3 is 10.1 Å². The van der Waals surface area contributed by atoms with Gasteiger partial charge in [0.25, 0.3) is 0 Å². The van der Waals surface area contributed by atoms with Crippen LogP contribution in [0.4, 0.5) is 0 Å². The fraction of sp³-hybridized carbons (Fsp3) is 1.00. The summed E-state index contributed by atoms with van der Waals surface area (Å²) in [5.41, 5.74) is 0. The van der Waals surface area contributed by atoms with Crippen molar-refractivity contribution in [3.63, 3.8) is 0 Å². The van der Waals surface area contributed by atoms with E-state index in [1.807, 2.05) is 0 Å². The second kappa shape index (κ2) is 7.77. The highest BCUT2D eigenvalue weighted by molar-refractivity contribution is 4.86. The molecular weight excluding hydrogens is 248 g/mol. The minimum atomic E-state index is 0.424. The van der Waals surface area contributed by atoms with Crippen LogP contribution in [0.1, 0.15) is 64.2 Å². The molecule has 1 saturated heterocycles. The Bertz CT molecular complexity index is 248. The van der Waals surface area contributed by atoms with E-state index in [9.17, 15) is 0 Å². The van der Waals surface area contributed by atoms with E-state index in [4.69, 9.17) is 4.74 Å². The highest BCUT2D eigenvalue weighted by Crippen LogP contribution is 2.30. The lowest BCUT2D eigenvalue weighted by Gasteiger charge is -2.43. The van der Waals surface area contributed by atoms with Gasteiger partial charge in [-0.3, -0.25) is 4.90 Å². The summed E-state index contributed by atoms with van der Waals surface area (Å²) >= 11 is 0. The molecule has 1 atom stereocenters. The van der Waals surface area contributed by atoms with E-state index in [1.165, 1.54) is 70.8 Å². The third-order valence-electron chi connectivity index (χ3n) is 5.51. The van der Waals surface area contributed by atoms with Gasteiger partial charge in [0.2, 0.25) is 0 Å². The Kier molecular flexibility index (Phi) is 5.75. The molecule has 0 bridgehead atoms. The van der Waals surface area contributed by atoms with Crippen LogP contribution in [-0.2, 0) is 4.74 Å². The fourth-order valence-corrected chi connectivity index (χ4v) is 4.39. The van der Waals surface area contributed by atoms with Crippen molar-refractivity contribution in [3.8, 4) is 0 Å². The van der Waals surface area contributed by atoms with Crippen molar-refractivity contribution in [1.82, 2.24) is 10.2 Å². The van der Waals surface area contributed by atoms with Crippen molar-refractivity contribution in [3.05, 3.63) is 0 Å². The standard InChI is InChI=1S/C17H32N2O/c1-3-7-15(8-4-1)19(16-9-5-2-6-10-16)14-17-13-18-11-12-20-17/h15-18H,1-14H2. The van der Waals surface area contributed by atoms with Crippen LogP contribution in [0.25, 0.3) is 0 Å². The predicted octanol–water partition coefficient (Wildman–Crippen LogP) is 2.94. The van der Waals surface area contributed by atoms with E-state index in [-0.39, 0.29) is 0 Å². The molecule has 0 radical (unpaired) electrons. The number of ether oxygens (including phenoxy) is 1. The van der Waals surface area contributed by atoms with Crippen molar-refractivity contribution < 1.29 is 4.74 Å². The third-order valence-corrected chi connectivity index (χ3v) is 5.51. The summed E-state index contributed by atoms with van der Waals surface area (Å²) in [6.07, 6.45) is 14.8. The van der Waals surface area contributed by atoms with Gasteiger partial charge in [-0.25, -0.2) is 0 Å². The van der Waals surface area contributed by atoms with Gasteiger partial charge in [-0.1, -0.05) is 38.5 Å². The van der Waals surface area contributed by atoms with Gasteiger partial charge in [0.1, 0.15) is 0 Å². The average Bonchev–Trinajstić information content (AvgIpc) is 2.55. The maximum atomic E-state index is 5.99. The molecule has 0 aromatic heterocycles. The highest BCUT2D eigenvalue weighted by Gasteiger charge is 2.31. The lowest BCUT2D eigenvalue weighted by Crippen LogP contribution is -2.52. The SMILES string of the molecule is C1CCC(N(CC2CNCCO2)C2CCCCC2)CC1. The fourth-order valence-electron chi connectivity index (χ4n) is 4.39. The number of rotatable bonds is 4. The summed E-state index contributed by atoms with van der Waals surface area (Å²) in [4.78, 5) is 2.87. The van der Waals surface area contributed by atoms with Crippen LogP contribution in [0.3, 0.4) is 0 Å². The summed E-state index contributed by atoms with van der Waals surface area (Å²) < 4.78 is 5.99. The van der Waals surface area contributed by atoms with E-state index in [0.29, 0.717) is 6.10 Å². The van der Waals surface area contributed by atoms with Gasteiger partial charge in [0.05, 0.1) is 12.7 Å². The van der Waals surface area contributed by atoms with Crippen molar-refractivity contribution in [2.75, 3.05) is 26.2 Å². The van der Waals surface area contributed by atoms with Gasteiger partial charge in [-0.15, -0.1) is 0 Å². The van der Waals surface area contributed by atoms with Crippen molar-refractivity contribution in [2.45, 2.75) is 82.4 Å². The molecule has 3 rings (SSSR count). The molecule has 0 aromatic rings. The van der Waals surface area contributed by atoms with Gasteiger partial charge >= 0.3 is 0 Å². The monoisotopic (exact) mass is 280 g/mol. The van der Waals surface area contributed by atoms with Crippen LogP contribution < -0.4 is 5.32 Å². The number of hydrogen-bond donors (Lipinski definition) is 1. The number of morpholine rings is 1. The maximum absolute atomic E-state index is 5.99. The second-order valence-corrected chi connectivity index (χ2v) is 6.98. The molecule has 0 aromatic carbocycles. The van der Waals surface area contributed by atoms with E-state index in [0.717, 1.165) is 31.8 Å². The number of nitrogens with one attached hydrogen (secondary N) is 1. The Labute approximate surface area is 124 Å². The predicted molar refractivity (Wildman–Crippen MR) is 83.1 cm³/mol. The summed E-state index contributed by atoms with van der Waals surface area (Å²) in [6.45, 7) is 4.15. The number of nitrogens with zero attached hydrogens (tertiary/aromatic N) is 1. The first kappa shape index (κ1) is 14.8. The minimum Gasteiger partial charge on any atom is -0.374 e. The zero-order chi connectivity index (χ0) is 13.6. The first-order valence-electron chi connectivity index (χ1n) is 9.01. The minimum absolute atomic E-state index is 0.424. The Morgan fingerprint density at radius 2 is 1.45 bits per heavy atom. The third kappa shape index (κ3) is 3.96. The lowest BCUT2D eigenvalue weighted by molar-refractivity contribution is -0.0249. The molecular formula is C17H32N2O. The molecule has 1 aliphatic heterocycles. The van der Waals surface area contributed by atoms with Crippen LogP contribution in [0.15, 0.2) is 0 Å². The van der Waals surface area contributed by atoms with Crippen molar-refractivity contribution in [2.24, 2.45) is 0 Å². The molecule has 3 aliphatic rings. The number of hydrogen-bond acceptors (Lipinski definition) is 3. The van der Waals surface area contributed by atoms with Crippen LogP contribution in [0, 0.1) is 0 Å². The normalized spacial score (nSPS) is 30.8. The molecule has 0 amide bonds. The summed E-state index contributed by atoms with van der Waals surface area (Å²) in [5.74, 6) is 0. The Morgan fingerprint density at radius 1 is 0.850 bits per heavy atom. The van der Waals surface area contributed by atoms with Gasteiger partial charge in [0, 0.05) is 31.7 Å². The summed E-state index contributed by atoms with van der Waals surface area (Å²) in [5, 5.41) is 3.49. The maximum Gasteiger partial charge on any atom is 0.0826 e. The zero-order valence-corrected chi connectivity index (χ0v) is 13.0. The van der Waals surface area contributed by atoms with Gasteiger partial charge in [0.15, 0.2) is 0 Å². The molecule has 0 spiro atoms. The molecule has 1 N–H and O–H groups in total. The highest BCUT2D eigenvalue weighted by atomic mass is 16.5. The van der Waals surface area contributed by atoms with E-state index < -0.39 is 0 Å². The first-order chi connectivity index (χ1) is 9.93. The summed E-state index contributed by atoms with van der Waals surface area (Å²) in [6, 6.07) is 1.69. The molecule has 1 heterocycles. The van der Waals surface area contributed by atoms with Gasteiger partial charge in [-0.05, 0) is 25.7 Å². The van der Waals surface area contributed by atoms with Crippen LogP contribution >= 0.6 is 0 Å². The van der Waals surface area contributed by atoms with Crippen LogP contribution in [0.5, 0.6) is 0 Å².